The Hall–Kier alpha value is -7.51. The summed E-state index contributed by atoms with van der Waals surface area (Å²) in [6.07, 6.45) is -6.45. The monoisotopic (exact) mass is 1190 g/mol. The maximum Gasteiger partial charge on any atom is 0.414 e. The first-order chi connectivity index (χ1) is 40.3. The van der Waals surface area contributed by atoms with Gasteiger partial charge >= 0.3 is 30.0 Å². The first-order valence-corrected chi connectivity index (χ1v) is 30.1. The molecule has 0 saturated carbocycles. The van der Waals surface area contributed by atoms with Crippen molar-refractivity contribution in [2.24, 2.45) is 23.7 Å². The van der Waals surface area contributed by atoms with Crippen molar-refractivity contribution in [1.82, 2.24) is 19.6 Å². The number of fused-ring (bicyclic) bond motifs is 1. The molecule has 1 fully saturated rings. The molecule has 3 aromatic carbocycles. The van der Waals surface area contributed by atoms with E-state index in [9.17, 15) is 38.4 Å². The van der Waals surface area contributed by atoms with Crippen molar-refractivity contribution in [3.63, 3.8) is 0 Å². The molecule has 5 amide bonds. The number of likely N-dealkylation sites (N-methyl/N-ethyl adjacent to an activating group) is 4. The number of amides is 5. The van der Waals surface area contributed by atoms with Gasteiger partial charge in [0.15, 0.2) is 24.4 Å². The summed E-state index contributed by atoms with van der Waals surface area (Å²) in [5.74, 6) is -7.49. The lowest BCUT2D eigenvalue weighted by Crippen LogP contribution is -2.55. The summed E-state index contributed by atoms with van der Waals surface area (Å²) < 4.78 is 29.9. The lowest BCUT2D eigenvalue weighted by molar-refractivity contribution is -0.176. The Morgan fingerprint density at radius 3 is 1.19 bits per heavy atom. The second kappa shape index (κ2) is 30.7. The molecule has 8 atom stereocenters. The number of carbonyl (C=O) groups is 9. The number of nitrogens with zero attached hydrogens (tertiary/aromatic N) is 6. The molecule has 0 aliphatic carbocycles. The molecule has 0 N–H and O–H groups in total. The highest BCUT2D eigenvalue weighted by Gasteiger charge is 2.43. The van der Waals surface area contributed by atoms with Crippen LogP contribution in [0.1, 0.15) is 132 Å². The Bertz CT molecular complexity index is 2820. The maximum absolute atomic E-state index is 15.2. The zero-order valence-corrected chi connectivity index (χ0v) is 53.7. The van der Waals surface area contributed by atoms with E-state index in [0.717, 1.165) is 30.9 Å². The molecule has 20 heteroatoms. The molecule has 0 spiro atoms. The SMILES string of the molecule is CC(C)C[C@H]1C(=O)O[C@H](Cc2ccc(CN3CCN(C(=O)OC(C)(C)C)c4ccccc43)cc2)C(=O)N(C)[C@@H](CC(C)C)C(=O)O[C@H](C)C(=O)N(C)[C@@H](CC(C)C)C(=O)O[C@H](Cc2ccccc2)C(=O)N(C)[C@@H](CC(C)C)C(=O)O[C@H](C)C(=O)N1C. The molecule has 2 heterocycles. The molecule has 86 heavy (non-hydrogen) atoms. The van der Waals surface area contributed by atoms with Gasteiger partial charge in [-0.2, -0.15) is 0 Å². The first-order valence-electron chi connectivity index (χ1n) is 30.1. The summed E-state index contributed by atoms with van der Waals surface area (Å²) in [6, 6.07) is 18.7. The van der Waals surface area contributed by atoms with Crippen molar-refractivity contribution in [2.45, 2.75) is 189 Å². The van der Waals surface area contributed by atoms with Crippen molar-refractivity contribution in [1.29, 1.82) is 0 Å². The van der Waals surface area contributed by atoms with Gasteiger partial charge in [-0.3, -0.25) is 24.1 Å². The molecule has 1 saturated heterocycles. The molecule has 3 aromatic rings. The van der Waals surface area contributed by atoms with Crippen molar-refractivity contribution in [3.05, 3.63) is 95.6 Å². The van der Waals surface area contributed by atoms with Gasteiger partial charge in [-0.05, 0) is 113 Å². The van der Waals surface area contributed by atoms with Crippen molar-refractivity contribution in [3.8, 4) is 0 Å². The Morgan fingerprint density at radius 2 is 0.802 bits per heavy atom. The van der Waals surface area contributed by atoms with Gasteiger partial charge in [0.25, 0.3) is 23.6 Å². The predicted molar refractivity (Wildman–Crippen MR) is 326 cm³/mol. The molecule has 20 nitrogen and oxygen atoms in total. The van der Waals surface area contributed by atoms with Crippen LogP contribution < -0.4 is 9.80 Å². The van der Waals surface area contributed by atoms with E-state index in [4.69, 9.17) is 23.7 Å². The second-order valence-electron chi connectivity index (χ2n) is 25.6. The van der Waals surface area contributed by atoms with E-state index in [1.165, 1.54) is 42.0 Å². The fourth-order valence-electron chi connectivity index (χ4n) is 10.6. The number of carbonyl (C=O) groups excluding carboxylic acids is 9. The first kappa shape index (κ1) is 69.3. The number of hydrogen-bond donors (Lipinski definition) is 0. The zero-order chi connectivity index (χ0) is 64.1. The molecule has 0 radical (unpaired) electrons. The van der Waals surface area contributed by atoms with Crippen LogP contribution in [-0.4, -0.2) is 169 Å². The Kier molecular flexibility index (Phi) is 24.7. The largest absolute Gasteiger partial charge is 0.451 e. The van der Waals surface area contributed by atoms with Gasteiger partial charge < -0.3 is 48.2 Å². The summed E-state index contributed by atoms with van der Waals surface area (Å²) in [5, 5.41) is 0. The van der Waals surface area contributed by atoms with Gasteiger partial charge in [-0.15, -0.1) is 0 Å². The van der Waals surface area contributed by atoms with Gasteiger partial charge in [0.1, 0.15) is 29.8 Å². The minimum absolute atomic E-state index is 0.0672. The van der Waals surface area contributed by atoms with Crippen molar-refractivity contribution < 1.29 is 66.8 Å². The van der Waals surface area contributed by atoms with E-state index in [-0.39, 0.29) is 62.2 Å². The Labute approximate surface area is 509 Å². The average molecular weight is 1200 g/mol. The third-order valence-corrected chi connectivity index (χ3v) is 15.3. The number of anilines is 2. The second-order valence-corrected chi connectivity index (χ2v) is 25.6. The lowest BCUT2D eigenvalue weighted by Gasteiger charge is -2.38. The number of rotatable bonds is 14. The third kappa shape index (κ3) is 19.0. The highest BCUT2D eigenvalue weighted by molar-refractivity contribution is 5.96. The van der Waals surface area contributed by atoms with E-state index in [0.29, 0.717) is 36.4 Å². The molecule has 0 aromatic heterocycles. The van der Waals surface area contributed by atoms with Gasteiger partial charge in [0, 0.05) is 60.7 Å². The molecular weight excluding hydrogens is 1100 g/mol. The quantitative estimate of drug-likeness (QED) is 0.109. The molecule has 5 rings (SSSR count). The molecule has 2 aliphatic rings. The van der Waals surface area contributed by atoms with Crippen LogP contribution in [0, 0.1) is 23.7 Å². The Balaban J connectivity index is 1.56. The number of esters is 4. The van der Waals surface area contributed by atoms with Crippen LogP contribution in [0.3, 0.4) is 0 Å². The highest BCUT2D eigenvalue weighted by Crippen LogP contribution is 2.35. The van der Waals surface area contributed by atoms with Crippen LogP contribution in [-0.2, 0) is 81.4 Å². The van der Waals surface area contributed by atoms with E-state index >= 15 is 4.79 Å². The molecule has 2 aliphatic heterocycles. The Morgan fingerprint density at radius 1 is 0.465 bits per heavy atom. The summed E-state index contributed by atoms with van der Waals surface area (Å²) in [6.45, 7) is 24.3. The summed E-state index contributed by atoms with van der Waals surface area (Å²) >= 11 is 0. The standard InChI is InChI=1S/C66H94N6O14/c1-40(2)33-51-61(77)82-45(10)58(74)68(15)54(36-43(7)8)64(80)85-56(38-47-27-29-48(30-28-47)39-71-31-32-72(65(81)86-66(11,12)13)50-26-22-21-25-49(50)71)60(76)70(17)52(34-41(3)4)62(78)83-44(9)57(73)67(14)53(35-42(5)6)63(79)84-55(59(75)69(51)16)37-46-23-19-18-20-24-46/h18-30,40-45,51-56H,31-39H2,1-17H3/t44-,45-,51+,52+,53+,54+,55-,56-/m1/s1. The number of benzene rings is 3. The average Bonchev–Trinajstić information content (AvgIpc) is 1.31. The van der Waals surface area contributed by atoms with Crippen LogP contribution in [0.2, 0.25) is 0 Å². The fourth-order valence-corrected chi connectivity index (χ4v) is 10.6. The van der Waals surface area contributed by atoms with E-state index < -0.39 is 108 Å². The van der Waals surface area contributed by atoms with Crippen LogP contribution in [0.25, 0.3) is 0 Å². The molecular formula is C66H94N6O14. The topological polar surface area (TPSA) is 219 Å². The third-order valence-electron chi connectivity index (χ3n) is 15.3. The number of para-hydroxylation sites is 2. The minimum atomic E-state index is -1.57. The minimum Gasteiger partial charge on any atom is -0.451 e. The normalized spacial score (nSPS) is 23.4. The smallest absolute Gasteiger partial charge is 0.414 e. The highest BCUT2D eigenvalue weighted by atomic mass is 16.6. The van der Waals surface area contributed by atoms with Crippen molar-refractivity contribution in [2.75, 3.05) is 51.1 Å². The van der Waals surface area contributed by atoms with E-state index in [1.807, 2.05) is 125 Å². The van der Waals surface area contributed by atoms with E-state index in [2.05, 4.69) is 4.90 Å². The summed E-state index contributed by atoms with van der Waals surface area (Å²) in [4.78, 5) is 139. The van der Waals surface area contributed by atoms with Crippen molar-refractivity contribution >= 4 is 65.0 Å². The van der Waals surface area contributed by atoms with Crippen LogP contribution in [0.5, 0.6) is 0 Å². The van der Waals surface area contributed by atoms with E-state index in [1.54, 1.807) is 35.2 Å². The number of cyclic esters (lactones) is 4. The zero-order valence-electron chi connectivity index (χ0n) is 53.7. The molecule has 472 valence electrons. The van der Waals surface area contributed by atoms with Crippen LogP contribution in [0.15, 0.2) is 78.9 Å². The number of hydrogen-bond acceptors (Lipinski definition) is 15. The van der Waals surface area contributed by atoms with Gasteiger partial charge in [0.05, 0.1) is 11.4 Å². The summed E-state index contributed by atoms with van der Waals surface area (Å²) in [7, 11) is 5.55. The van der Waals surface area contributed by atoms with Gasteiger partial charge in [0.2, 0.25) is 0 Å². The van der Waals surface area contributed by atoms with Crippen LogP contribution >= 0.6 is 0 Å². The number of ether oxygens (including phenoxy) is 5. The summed E-state index contributed by atoms with van der Waals surface area (Å²) in [5.41, 5.74) is 3.00. The fraction of sp³-hybridized carbons (Fsp3) is 0.591. The van der Waals surface area contributed by atoms with Crippen LogP contribution in [0.4, 0.5) is 16.2 Å². The molecule has 0 bridgehead atoms. The van der Waals surface area contributed by atoms with Gasteiger partial charge in [-0.1, -0.05) is 122 Å². The lowest BCUT2D eigenvalue weighted by atomic mass is 9.99. The maximum atomic E-state index is 15.2. The molecule has 0 unspecified atom stereocenters. The van der Waals surface area contributed by atoms with Gasteiger partial charge in [-0.25, -0.2) is 24.0 Å². The predicted octanol–water partition coefficient (Wildman–Crippen LogP) is 8.43.